The van der Waals surface area contributed by atoms with Crippen LogP contribution in [0.5, 0.6) is 0 Å². The molecular formula is C8H12N2VY-2. The van der Waals surface area contributed by atoms with Crippen molar-refractivity contribution in [2.75, 3.05) is 6.54 Å². The van der Waals surface area contributed by atoms with Crippen LogP contribution in [0.3, 0.4) is 0 Å². The molecule has 0 saturated carbocycles. The molecule has 12 heavy (non-hydrogen) atoms. The van der Waals surface area contributed by atoms with Gasteiger partial charge in [-0.2, -0.15) is 12.1 Å². The molecule has 0 aliphatic heterocycles. The third-order valence-electron chi connectivity index (χ3n) is 1.08. The summed E-state index contributed by atoms with van der Waals surface area (Å²) in [5.41, 5.74) is 6.40. The minimum absolute atomic E-state index is 0. The number of nitrogens with two attached hydrogens (primary N) is 1. The Kier molecular flexibility index (Phi) is 18.2. The zero-order valence-corrected chi connectivity index (χ0v) is 11.4. The van der Waals surface area contributed by atoms with Crippen LogP contribution in [0.15, 0.2) is 18.3 Å². The summed E-state index contributed by atoms with van der Waals surface area (Å²) < 4.78 is 0. The van der Waals surface area contributed by atoms with Crippen molar-refractivity contribution in [1.29, 1.82) is 0 Å². The van der Waals surface area contributed by atoms with Crippen LogP contribution in [0.4, 0.5) is 0 Å². The normalized spacial score (nSPS) is 7.08. The molecule has 0 fully saturated rings. The molecule has 1 aromatic rings. The first-order valence-electron chi connectivity index (χ1n) is 2.95. The van der Waals surface area contributed by atoms with Crippen molar-refractivity contribution < 1.29 is 51.3 Å². The fraction of sp³-hybridized carbons (Fsp3) is 0.250. The van der Waals surface area contributed by atoms with Crippen LogP contribution in [0.25, 0.3) is 0 Å². The average Bonchev–Trinajstić information content (AvgIpc) is 1.91. The van der Waals surface area contributed by atoms with Crippen LogP contribution in [0.1, 0.15) is 5.56 Å². The van der Waals surface area contributed by atoms with Gasteiger partial charge in [0.2, 0.25) is 0 Å². The predicted molar refractivity (Wildman–Crippen MR) is 42.2 cm³/mol. The summed E-state index contributed by atoms with van der Waals surface area (Å²) in [6, 6.07) is 3.86. The molecule has 1 rings (SSSR count). The second-order valence-electron chi connectivity index (χ2n) is 1.81. The van der Waals surface area contributed by atoms with Gasteiger partial charge < -0.3 is 18.1 Å². The molecule has 0 bridgehead atoms. The van der Waals surface area contributed by atoms with Crippen LogP contribution >= 0.6 is 0 Å². The van der Waals surface area contributed by atoms with E-state index in [1.807, 2.05) is 12.1 Å². The summed E-state index contributed by atoms with van der Waals surface area (Å²) >= 11 is 0. The van der Waals surface area contributed by atoms with E-state index in [4.69, 9.17) is 5.73 Å². The van der Waals surface area contributed by atoms with E-state index >= 15 is 0 Å². The van der Waals surface area contributed by atoms with E-state index in [1.54, 1.807) is 6.20 Å². The predicted octanol–water partition coefficient (Wildman–Crippen LogP) is 0.828. The Morgan fingerprint density at radius 1 is 1.50 bits per heavy atom. The van der Waals surface area contributed by atoms with Gasteiger partial charge in [0.05, 0.1) is 0 Å². The van der Waals surface area contributed by atoms with Gasteiger partial charge in [-0.05, 0) is 13.0 Å². The number of pyridine rings is 1. The molecule has 0 saturated heterocycles. The van der Waals surface area contributed by atoms with Crippen molar-refractivity contribution >= 4 is 0 Å². The standard InChI is InChI=1S/C7H9N2.CH3.V.Y/c8-4-3-7-2-1-5-9-6-7;;;/h1-2,5H,3-4,8H2;1H3;;/q2*-1;;. The van der Waals surface area contributed by atoms with Gasteiger partial charge in [-0.15, -0.1) is 5.56 Å². The molecule has 2 radical (unpaired) electrons. The van der Waals surface area contributed by atoms with Crippen molar-refractivity contribution in [2.45, 2.75) is 6.42 Å². The molecule has 0 amide bonds. The van der Waals surface area contributed by atoms with Crippen LogP contribution in [-0.2, 0) is 57.7 Å². The van der Waals surface area contributed by atoms with Crippen LogP contribution < -0.4 is 5.73 Å². The number of nitrogens with zero attached hydrogens (tertiary/aromatic N) is 1. The summed E-state index contributed by atoms with van der Waals surface area (Å²) in [7, 11) is 0. The molecule has 0 spiro atoms. The summed E-state index contributed by atoms with van der Waals surface area (Å²) in [6.07, 6.45) is 5.42. The molecule has 0 unspecified atom stereocenters. The summed E-state index contributed by atoms with van der Waals surface area (Å²) in [5, 5.41) is 0. The Labute approximate surface area is 111 Å². The molecule has 2 nitrogen and oxygen atoms in total. The van der Waals surface area contributed by atoms with Crippen molar-refractivity contribution in [3.8, 4) is 0 Å². The third-order valence-corrected chi connectivity index (χ3v) is 1.08. The van der Waals surface area contributed by atoms with Gasteiger partial charge in [0.1, 0.15) is 0 Å². The van der Waals surface area contributed by atoms with Gasteiger partial charge in [0.15, 0.2) is 0 Å². The van der Waals surface area contributed by atoms with E-state index in [0.717, 1.165) is 12.0 Å². The first-order chi connectivity index (χ1) is 4.43. The largest absolute Gasteiger partial charge is 0.394 e. The Hall–Kier alpha value is 0.798. The van der Waals surface area contributed by atoms with E-state index < -0.39 is 0 Å². The molecule has 0 aliphatic rings. The molecule has 4 heteroatoms. The second kappa shape index (κ2) is 11.8. The summed E-state index contributed by atoms with van der Waals surface area (Å²) in [5.74, 6) is 0. The first-order valence-corrected chi connectivity index (χ1v) is 2.95. The SMILES string of the molecule is NCCc1[c-]nccc1.[CH3-].[V].[Y]. The number of hydrogen-bond acceptors (Lipinski definition) is 2. The summed E-state index contributed by atoms with van der Waals surface area (Å²) in [4.78, 5) is 3.82. The van der Waals surface area contributed by atoms with E-state index in [9.17, 15) is 0 Å². The van der Waals surface area contributed by atoms with Crippen molar-refractivity contribution in [3.05, 3.63) is 37.5 Å². The molecular weight excluding hydrogens is 264 g/mol. The Balaban J connectivity index is -0.000000270. The van der Waals surface area contributed by atoms with Crippen LogP contribution in [0.2, 0.25) is 0 Å². The monoisotopic (exact) mass is 276 g/mol. The Morgan fingerprint density at radius 3 is 2.58 bits per heavy atom. The van der Waals surface area contributed by atoms with E-state index in [2.05, 4.69) is 11.2 Å². The molecule has 2 N–H and O–H groups in total. The fourth-order valence-electron chi connectivity index (χ4n) is 0.654. The van der Waals surface area contributed by atoms with Crippen LogP contribution in [-0.4, -0.2) is 11.5 Å². The van der Waals surface area contributed by atoms with Gasteiger partial charge in [-0.3, -0.25) is 0 Å². The van der Waals surface area contributed by atoms with Gasteiger partial charge in [0, 0.05) is 51.3 Å². The van der Waals surface area contributed by atoms with Crippen LogP contribution in [0, 0.1) is 13.6 Å². The van der Waals surface area contributed by atoms with Gasteiger partial charge in [-0.25, -0.2) is 0 Å². The fourth-order valence-corrected chi connectivity index (χ4v) is 0.654. The third kappa shape index (κ3) is 7.45. The molecule has 0 aliphatic carbocycles. The smallest absolute Gasteiger partial charge is 0 e. The number of rotatable bonds is 2. The summed E-state index contributed by atoms with van der Waals surface area (Å²) in [6.45, 7) is 0.669. The minimum atomic E-state index is 0. The van der Waals surface area contributed by atoms with Crippen molar-refractivity contribution in [1.82, 2.24) is 4.98 Å². The maximum Gasteiger partial charge on any atom is 0 e. The van der Waals surface area contributed by atoms with Gasteiger partial charge >= 0.3 is 0 Å². The first kappa shape index (κ1) is 18.6. The molecule has 1 heterocycles. The Bertz CT molecular complexity index is 170. The maximum atomic E-state index is 5.31. The molecule has 64 valence electrons. The van der Waals surface area contributed by atoms with Gasteiger partial charge in [-0.1, -0.05) is 12.4 Å². The van der Waals surface area contributed by atoms with E-state index in [0.29, 0.717) is 6.54 Å². The quantitative estimate of drug-likeness (QED) is 0.812. The second-order valence-corrected chi connectivity index (χ2v) is 1.81. The van der Waals surface area contributed by atoms with Crippen molar-refractivity contribution in [2.24, 2.45) is 5.73 Å². The topological polar surface area (TPSA) is 38.9 Å². The maximum absolute atomic E-state index is 5.31. The Morgan fingerprint density at radius 2 is 2.17 bits per heavy atom. The number of hydrogen-bond donors (Lipinski definition) is 1. The zero-order chi connectivity index (χ0) is 6.53. The average molecular weight is 276 g/mol. The minimum Gasteiger partial charge on any atom is -0.394 e. The molecule has 0 aromatic carbocycles. The number of aromatic nitrogens is 1. The van der Waals surface area contributed by atoms with Gasteiger partial charge in [0.25, 0.3) is 0 Å². The van der Waals surface area contributed by atoms with Crippen molar-refractivity contribution in [3.63, 3.8) is 0 Å². The van der Waals surface area contributed by atoms with E-state index in [1.165, 1.54) is 0 Å². The molecule has 1 aromatic heterocycles. The zero-order valence-electron chi connectivity index (χ0n) is 7.20. The molecule has 0 atom stereocenters. The van der Waals surface area contributed by atoms with E-state index in [-0.39, 0.29) is 58.7 Å².